The van der Waals surface area contributed by atoms with E-state index in [-0.39, 0.29) is 10.6 Å². The number of benzene rings is 2. The molecule has 2 aromatic carbocycles. The lowest BCUT2D eigenvalue weighted by molar-refractivity contribution is 0.305. The molecular formula is C23H29FN4OS. The topological polar surface area (TPSA) is 74.6 Å². The van der Waals surface area contributed by atoms with Crippen LogP contribution in [0.3, 0.4) is 0 Å². The molecule has 1 unspecified atom stereocenters. The van der Waals surface area contributed by atoms with Crippen LogP contribution in [0.15, 0.2) is 47.5 Å². The number of nitriles is 1. The number of nitrogens with zero attached hydrogens (tertiary/aromatic N) is 3. The van der Waals surface area contributed by atoms with E-state index in [0.29, 0.717) is 35.9 Å². The molecule has 1 atom stereocenters. The summed E-state index contributed by atoms with van der Waals surface area (Å²) in [6, 6.07) is 13.5. The molecule has 1 heterocycles. The summed E-state index contributed by atoms with van der Waals surface area (Å²) in [7, 11) is 1.96. The summed E-state index contributed by atoms with van der Waals surface area (Å²) in [6.45, 7) is 8.88. The van der Waals surface area contributed by atoms with Crippen molar-refractivity contribution in [3.05, 3.63) is 65.0 Å². The molecule has 5 nitrogen and oxygen atoms in total. The van der Waals surface area contributed by atoms with Crippen molar-refractivity contribution >= 4 is 17.8 Å². The van der Waals surface area contributed by atoms with Crippen LogP contribution in [0.4, 0.5) is 4.39 Å². The zero-order valence-corrected chi connectivity index (χ0v) is 19.0. The van der Waals surface area contributed by atoms with Crippen molar-refractivity contribution in [1.29, 1.82) is 5.26 Å². The molecule has 0 aliphatic carbocycles. The second-order valence-corrected chi connectivity index (χ2v) is 9.05. The maximum absolute atomic E-state index is 14.6. The Kier molecular flexibility index (Phi) is 8.27. The van der Waals surface area contributed by atoms with E-state index >= 15 is 0 Å². The van der Waals surface area contributed by atoms with E-state index in [1.165, 1.54) is 6.07 Å². The fraction of sp³-hybridized carbons (Fsp3) is 0.391. The van der Waals surface area contributed by atoms with Gasteiger partial charge in [-0.1, -0.05) is 37.9 Å². The van der Waals surface area contributed by atoms with E-state index < -0.39 is 6.04 Å². The molecule has 2 N–H and O–H groups in total. The van der Waals surface area contributed by atoms with Crippen molar-refractivity contribution in [3.8, 4) is 11.8 Å². The van der Waals surface area contributed by atoms with Gasteiger partial charge in [-0.25, -0.2) is 4.39 Å². The summed E-state index contributed by atoms with van der Waals surface area (Å²) >= 11 is 1.59. The Morgan fingerprint density at radius 1 is 1.27 bits per heavy atom. The van der Waals surface area contributed by atoms with Gasteiger partial charge in [0.05, 0.1) is 22.4 Å². The van der Waals surface area contributed by atoms with Crippen molar-refractivity contribution in [1.82, 2.24) is 4.31 Å². The van der Waals surface area contributed by atoms with E-state index in [9.17, 15) is 4.39 Å². The zero-order valence-electron chi connectivity index (χ0n) is 18.1. The minimum absolute atomic E-state index is 0.328. The number of likely N-dealkylation sites (N-methyl/N-ethyl adjacent to an activating group) is 1. The number of hydrogen-bond acceptors (Lipinski definition) is 6. The summed E-state index contributed by atoms with van der Waals surface area (Å²) in [5, 5.41) is 8.87. The average molecular weight is 429 g/mol. The van der Waals surface area contributed by atoms with E-state index in [2.05, 4.69) is 11.1 Å². The van der Waals surface area contributed by atoms with Gasteiger partial charge in [0.2, 0.25) is 0 Å². The van der Waals surface area contributed by atoms with E-state index in [4.69, 9.17) is 15.7 Å². The second kappa shape index (κ2) is 10.5. The predicted molar refractivity (Wildman–Crippen MR) is 122 cm³/mol. The lowest BCUT2D eigenvalue weighted by Gasteiger charge is -2.25. The highest BCUT2D eigenvalue weighted by molar-refractivity contribution is 7.99. The number of nitrogens with two attached hydrogens (primary N) is 1. The minimum Gasteiger partial charge on any atom is -0.489 e. The molecule has 2 aromatic rings. The number of amidine groups is 1. The normalized spacial score (nSPS) is 18.3. The molecule has 0 amide bonds. The molecular weight excluding hydrogens is 399 g/mol. The van der Waals surface area contributed by atoms with Crippen LogP contribution in [0.2, 0.25) is 0 Å². The molecule has 1 aliphatic heterocycles. The highest BCUT2D eigenvalue weighted by atomic mass is 32.2. The first-order valence-corrected chi connectivity index (χ1v) is 10.7. The highest BCUT2D eigenvalue weighted by Gasteiger charge is 2.32. The molecule has 0 saturated heterocycles. The Bertz CT molecular complexity index is 922. The Labute approximate surface area is 182 Å². The molecule has 0 bridgehead atoms. The van der Waals surface area contributed by atoms with Gasteiger partial charge in [0, 0.05) is 12.1 Å². The monoisotopic (exact) mass is 428 g/mol. The summed E-state index contributed by atoms with van der Waals surface area (Å²) in [5.74, 6) is 0.730. The van der Waals surface area contributed by atoms with Crippen molar-refractivity contribution < 1.29 is 9.13 Å². The van der Waals surface area contributed by atoms with Crippen LogP contribution >= 0.6 is 11.9 Å². The van der Waals surface area contributed by atoms with Gasteiger partial charge >= 0.3 is 0 Å². The maximum atomic E-state index is 14.6. The van der Waals surface area contributed by atoms with Crippen LogP contribution in [0.1, 0.15) is 50.4 Å². The van der Waals surface area contributed by atoms with Gasteiger partial charge in [-0.2, -0.15) is 5.26 Å². The molecule has 1 aliphatic rings. The van der Waals surface area contributed by atoms with E-state index in [1.54, 1.807) is 36.2 Å². The summed E-state index contributed by atoms with van der Waals surface area (Å²) in [5.41, 5.74) is 8.17. The summed E-state index contributed by atoms with van der Waals surface area (Å²) in [4.78, 5) is 4.59. The minimum atomic E-state index is -0.405. The Hall–Kier alpha value is -2.56. The fourth-order valence-electron chi connectivity index (χ4n) is 2.96. The number of halogens is 1. The third-order valence-electron chi connectivity index (χ3n) is 4.54. The third-order valence-corrected chi connectivity index (χ3v) is 5.67. The van der Waals surface area contributed by atoms with E-state index in [1.807, 2.05) is 51.2 Å². The highest BCUT2D eigenvalue weighted by Crippen LogP contribution is 2.36. The van der Waals surface area contributed by atoms with Crippen LogP contribution in [0, 0.1) is 17.1 Å². The smallest absolute Gasteiger partial charge is 0.128 e. The molecule has 0 spiro atoms. The van der Waals surface area contributed by atoms with E-state index in [0.717, 1.165) is 5.56 Å². The van der Waals surface area contributed by atoms with Crippen molar-refractivity contribution in [3.63, 3.8) is 0 Å². The molecule has 3 rings (SSSR count). The molecule has 0 radical (unpaired) electrons. The van der Waals surface area contributed by atoms with Gasteiger partial charge in [0.25, 0.3) is 0 Å². The molecule has 160 valence electrons. The Balaban J connectivity index is 0.00000155. The van der Waals surface area contributed by atoms with Gasteiger partial charge in [0.15, 0.2) is 0 Å². The van der Waals surface area contributed by atoms with Crippen LogP contribution in [-0.4, -0.2) is 28.5 Å². The molecule has 0 aromatic heterocycles. The number of hydrogen-bond donors (Lipinski definition) is 1. The summed E-state index contributed by atoms with van der Waals surface area (Å²) < 4.78 is 22.1. The van der Waals surface area contributed by atoms with Crippen molar-refractivity contribution in [2.75, 3.05) is 13.6 Å². The van der Waals surface area contributed by atoms with Gasteiger partial charge in [-0.05, 0) is 56.8 Å². The number of rotatable bonds is 4. The van der Waals surface area contributed by atoms with Gasteiger partial charge < -0.3 is 10.5 Å². The van der Waals surface area contributed by atoms with Crippen LogP contribution in [0.25, 0.3) is 0 Å². The first-order chi connectivity index (χ1) is 14.3. The Morgan fingerprint density at radius 2 is 1.93 bits per heavy atom. The van der Waals surface area contributed by atoms with Gasteiger partial charge in [-0.15, -0.1) is 0 Å². The lowest BCUT2D eigenvalue weighted by atomic mass is 10.1. The molecule has 7 heteroatoms. The maximum Gasteiger partial charge on any atom is 0.128 e. The molecule has 0 saturated carbocycles. The van der Waals surface area contributed by atoms with Crippen LogP contribution < -0.4 is 10.5 Å². The first kappa shape index (κ1) is 23.7. The van der Waals surface area contributed by atoms with Crippen molar-refractivity contribution in [2.24, 2.45) is 10.7 Å². The molecule has 30 heavy (non-hydrogen) atoms. The van der Waals surface area contributed by atoms with Crippen LogP contribution in [0.5, 0.6) is 5.75 Å². The van der Waals surface area contributed by atoms with Gasteiger partial charge in [-0.3, -0.25) is 9.30 Å². The lowest BCUT2D eigenvalue weighted by Crippen LogP contribution is -2.36. The Morgan fingerprint density at radius 3 is 2.57 bits per heavy atom. The third kappa shape index (κ3) is 5.97. The SMILES string of the molecule is CC.CN1CC(c2cc(OCc3ccc(C#N)cc3)ccc2F)N=C(N)C(C)(C)S1. The largest absolute Gasteiger partial charge is 0.489 e. The second-order valence-electron chi connectivity index (χ2n) is 7.22. The zero-order chi connectivity index (χ0) is 22.3. The van der Waals surface area contributed by atoms with Gasteiger partial charge in [0.1, 0.15) is 24.0 Å². The fourth-order valence-corrected chi connectivity index (χ4v) is 4.10. The van der Waals surface area contributed by atoms with Crippen LogP contribution in [-0.2, 0) is 6.61 Å². The number of ether oxygens (including phenoxy) is 1. The van der Waals surface area contributed by atoms with Crippen molar-refractivity contribution in [2.45, 2.75) is 45.1 Å². The molecule has 0 fully saturated rings. The number of aliphatic imine (C=N–C) groups is 1. The predicted octanol–water partition coefficient (Wildman–Crippen LogP) is 5.07. The average Bonchev–Trinajstić information content (AvgIpc) is 2.83. The standard InChI is InChI=1S/C21H23FN4OS.C2H6/c1-21(2)20(24)25-19(12-26(3)28-21)17-10-16(8-9-18(17)22)27-13-15-6-4-14(11-23)5-7-15;1-2/h4-10,19H,12-13H2,1-3H3,(H2,24,25);1-2H3. The quantitative estimate of drug-likeness (QED) is 0.688. The summed E-state index contributed by atoms with van der Waals surface area (Å²) in [6.07, 6.45) is 0. The first-order valence-electron chi connectivity index (χ1n) is 9.94.